The number of anilines is 1. The van der Waals surface area contributed by atoms with Crippen LogP contribution in [0.4, 0.5) is 5.69 Å². The number of aromatic nitrogens is 1. The molecule has 1 aromatic rings. The Bertz CT molecular complexity index is 381. The van der Waals surface area contributed by atoms with Gasteiger partial charge in [-0.2, -0.15) is 0 Å². The Morgan fingerprint density at radius 3 is 2.89 bits per heavy atom. The number of nitrogens with zero attached hydrogens (tertiary/aromatic N) is 2. The maximum atomic E-state index is 4.20. The van der Waals surface area contributed by atoms with Gasteiger partial charge in [0.1, 0.15) is 0 Å². The number of hydrogen-bond acceptors (Lipinski definition) is 3. The van der Waals surface area contributed by atoms with Crippen molar-refractivity contribution in [2.45, 2.75) is 45.2 Å². The van der Waals surface area contributed by atoms with Gasteiger partial charge >= 0.3 is 0 Å². The third kappa shape index (κ3) is 3.95. The summed E-state index contributed by atoms with van der Waals surface area (Å²) in [6, 6.07) is 3.33. The Morgan fingerprint density at radius 1 is 1.33 bits per heavy atom. The molecule has 0 amide bonds. The quantitative estimate of drug-likeness (QED) is 0.925. The fourth-order valence-electron chi connectivity index (χ4n) is 2.51. The minimum atomic E-state index is 0.574. The van der Waals surface area contributed by atoms with Crippen LogP contribution in [0.25, 0.3) is 0 Å². The summed E-state index contributed by atoms with van der Waals surface area (Å²) in [6.45, 7) is 6.99. The molecule has 2 heterocycles. The zero-order chi connectivity index (χ0) is 13.0. The molecular formula is C14H22BrN3. The van der Waals surface area contributed by atoms with Crippen molar-refractivity contribution in [1.82, 2.24) is 9.88 Å². The van der Waals surface area contributed by atoms with E-state index in [4.69, 9.17) is 0 Å². The highest BCUT2D eigenvalue weighted by molar-refractivity contribution is 9.10. The lowest BCUT2D eigenvalue weighted by molar-refractivity contribution is 0.230. The second kappa shape index (κ2) is 6.53. The Morgan fingerprint density at radius 2 is 2.17 bits per heavy atom. The summed E-state index contributed by atoms with van der Waals surface area (Å²) in [7, 11) is 0. The number of halogens is 1. The van der Waals surface area contributed by atoms with Gasteiger partial charge in [-0.25, -0.2) is 0 Å². The predicted octanol–water partition coefficient (Wildman–Crippen LogP) is 3.52. The first-order valence-corrected chi connectivity index (χ1v) is 7.55. The molecule has 1 aliphatic rings. The molecule has 0 radical (unpaired) electrons. The first-order chi connectivity index (χ1) is 8.65. The van der Waals surface area contributed by atoms with E-state index in [2.05, 4.69) is 51.0 Å². The van der Waals surface area contributed by atoms with E-state index in [1.54, 1.807) is 0 Å². The molecule has 1 fully saturated rings. The van der Waals surface area contributed by atoms with Crippen molar-refractivity contribution >= 4 is 21.6 Å². The van der Waals surface area contributed by atoms with Gasteiger partial charge in [0.05, 0.1) is 11.9 Å². The molecule has 100 valence electrons. The average molecular weight is 312 g/mol. The minimum Gasteiger partial charge on any atom is -0.381 e. The van der Waals surface area contributed by atoms with Crippen LogP contribution in [0, 0.1) is 0 Å². The largest absolute Gasteiger partial charge is 0.381 e. The standard InChI is InChI=1S/C14H22BrN3/c1-11(2)18-6-3-4-13(5-7-18)17-14-8-12(15)9-16-10-14/h8-11,13,17H,3-7H2,1-2H3. The van der Waals surface area contributed by atoms with Crippen molar-refractivity contribution in [1.29, 1.82) is 0 Å². The molecule has 0 aromatic carbocycles. The van der Waals surface area contributed by atoms with Crippen LogP contribution in [0.1, 0.15) is 33.1 Å². The van der Waals surface area contributed by atoms with Gasteiger partial charge in [0.2, 0.25) is 0 Å². The molecule has 0 spiro atoms. The second-order valence-electron chi connectivity index (χ2n) is 5.29. The highest BCUT2D eigenvalue weighted by Gasteiger charge is 2.18. The molecule has 1 atom stereocenters. The van der Waals surface area contributed by atoms with Crippen molar-refractivity contribution in [2.24, 2.45) is 0 Å². The number of pyridine rings is 1. The molecule has 0 bridgehead atoms. The maximum Gasteiger partial charge on any atom is 0.0540 e. The molecule has 1 unspecified atom stereocenters. The smallest absolute Gasteiger partial charge is 0.0540 e. The van der Waals surface area contributed by atoms with Crippen LogP contribution in [-0.4, -0.2) is 35.1 Å². The van der Waals surface area contributed by atoms with Crippen LogP contribution in [-0.2, 0) is 0 Å². The van der Waals surface area contributed by atoms with Gasteiger partial charge in [-0.1, -0.05) is 0 Å². The Kier molecular flexibility index (Phi) is 5.01. The van der Waals surface area contributed by atoms with Gasteiger partial charge in [0, 0.05) is 29.3 Å². The van der Waals surface area contributed by atoms with Crippen molar-refractivity contribution < 1.29 is 0 Å². The van der Waals surface area contributed by atoms with E-state index < -0.39 is 0 Å². The summed E-state index contributed by atoms with van der Waals surface area (Å²) >= 11 is 3.46. The monoisotopic (exact) mass is 311 g/mol. The highest BCUT2D eigenvalue weighted by Crippen LogP contribution is 2.19. The molecule has 1 aliphatic heterocycles. The first-order valence-electron chi connectivity index (χ1n) is 6.76. The SMILES string of the molecule is CC(C)N1CCCC(Nc2cncc(Br)c2)CC1. The summed E-state index contributed by atoms with van der Waals surface area (Å²) in [5, 5.41) is 3.60. The van der Waals surface area contributed by atoms with E-state index >= 15 is 0 Å². The number of hydrogen-bond donors (Lipinski definition) is 1. The van der Waals surface area contributed by atoms with Gasteiger partial charge < -0.3 is 10.2 Å². The third-order valence-corrected chi connectivity index (χ3v) is 4.00. The van der Waals surface area contributed by atoms with Crippen LogP contribution in [0.3, 0.4) is 0 Å². The minimum absolute atomic E-state index is 0.574. The van der Waals surface area contributed by atoms with Crippen molar-refractivity contribution in [3.63, 3.8) is 0 Å². The second-order valence-corrected chi connectivity index (χ2v) is 6.21. The normalized spacial score (nSPS) is 21.9. The molecule has 0 aliphatic carbocycles. The molecule has 1 aromatic heterocycles. The molecule has 1 N–H and O–H groups in total. The molecule has 18 heavy (non-hydrogen) atoms. The summed E-state index contributed by atoms with van der Waals surface area (Å²) in [5.41, 5.74) is 1.12. The summed E-state index contributed by atoms with van der Waals surface area (Å²) in [6.07, 6.45) is 7.45. The number of likely N-dealkylation sites (tertiary alicyclic amines) is 1. The predicted molar refractivity (Wildman–Crippen MR) is 79.9 cm³/mol. The molecule has 4 heteroatoms. The summed E-state index contributed by atoms with van der Waals surface area (Å²) in [4.78, 5) is 6.77. The zero-order valence-electron chi connectivity index (χ0n) is 11.2. The lowest BCUT2D eigenvalue weighted by Gasteiger charge is -2.24. The van der Waals surface area contributed by atoms with Gasteiger partial charge in [-0.15, -0.1) is 0 Å². The summed E-state index contributed by atoms with van der Waals surface area (Å²) in [5.74, 6) is 0. The van der Waals surface area contributed by atoms with Gasteiger partial charge in [-0.3, -0.25) is 4.98 Å². The van der Waals surface area contributed by atoms with E-state index in [0.29, 0.717) is 12.1 Å². The number of rotatable bonds is 3. The van der Waals surface area contributed by atoms with Gasteiger partial charge in [0.15, 0.2) is 0 Å². The molecule has 2 rings (SSSR count). The van der Waals surface area contributed by atoms with Crippen molar-refractivity contribution in [2.75, 3.05) is 18.4 Å². The summed E-state index contributed by atoms with van der Waals surface area (Å²) < 4.78 is 1.03. The van der Waals surface area contributed by atoms with Crippen LogP contribution in [0.2, 0.25) is 0 Å². The Balaban J connectivity index is 1.91. The van der Waals surface area contributed by atoms with E-state index in [1.807, 2.05) is 12.4 Å². The van der Waals surface area contributed by atoms with Gasteiger partial charge in [-0.05, 0) is 61.7 Å². The van der Waals surface area contributed by atoms with Crippen molar-refractivity contribution in [3.8, 4) is 0 Å². The lowest BCUT2D eigenvalue weighted by atomic mass is 10.1. The fourth-order valence-corrected chi connectivity index (χ4v) is 2.87. The van der Waals surface area contributed by atoms with Gasteiger partial charge in [0.25, 0.3) is 0 Å². The van der Waals surface area contributed by atoms with E-state index in [1.165, 1.54) is 32.4 Å². The van der Waals surface area contributed by atoms with Crippen LogP contribution >= 0.6 is 15.9 Å². The highest BCUT2D eigenvalue weighted by atomic mass is 79.9. The molecular weight excluding hydrogens is 290 g/mol. The van der Waals surface area contributed by atoms with Crippen LogP contribution in [0.5, 0.6) is 0 Å². The molecule has 3 nitrogen and oxygen atoms in total. The topological polar surface area (TPSA) is 28.2 Å². The Hall–Kier alpha value is -0.610. The third-order valence-electron chi connectivity index (χ3n) is 3.57. The average Bonchev–Trinajstić information content (AvgIpc) is 2.55. The van der Waals surface area contributed by atoms with E-state index in [-0.39, 0.29) is 0 Å². The zero-order valence-corrected chi connectivity index (χ0v) is 12.8. The van der Waals surface area contributed by atoms with Crippen LogP contribution < -0.4 is 5.32 Å². The van der Waals surface area contributed by atoms with Crippen LogP contribution in [0.15, 0.2) is 22.9 Å². The lowest BCUT2D eigenvalue weighted by Crippen LogP contribution is -2.32. The number of nitrogens with one attached hydrogen (secondary N) is 1. The fraction of sp³-hybridized carbons (Fsp3) is 0.643. The maximum absolute atomic E-state index is 4.20. The van der Waals surface area contributed by atoms with E-state index in [0.717, 1.165) is 10.2 Å². The first kappa shape index (κ1) is 13.8. The molecule has 1 saturated heterocycles. The Labute approximate surface area is 118 Å². The molecule has 0 saturated carbocycles. The van der Waals surface area contributed by atoms with Crippen molar-refractivity contribution in [3.05, 3.63) is 22.9 Å². The van der Waals surface area contributed by atoms with E-state index in [9.17, 15) is 0 Å².